The highest BCUT2D eigenvalue weighted by molar-refractivity contribution is 5.99. The molecule has 0 spiro atoms. The number of unbranched alkanes of at least 4 members (excludes halogenated alkanes) is 1. The number of ether oxygens (including phenoxy) is 3. The number of hydrogen-bond acceptors (Lipinski definition) is 6. The third-order valence-corrected chi connectivity index (χ3v) is 6.48. The average molecular weight is 494 g/mol. The number of hydrogen-bond donors (Lipinski definition) is 0. The lowest BCUT2D eigenvalue weighted by Crippen LogP contribution is -2.31. The smallest absolute Gasteiger partial charge is 0.290 e. The first-order valence-corrected chi connectivity index (χ1v) is 12.7. The molecule has 192 valence electrons. The first kappa shape index (κ1) is 25.8. The molecule has 1 aromatic heterocycles. The lowest BCUT2D eigenvalue weighted by atomic mass is 9.97. The van der Waals surface area contributed by atoms with Crippen LogP contribution >= 0.6 is 0 Å². The quantitative estimate of drug-likeness (QED) is 0.325. The van der Waals surface area contributed by atoms with Gasteiger partial charge in [-0.05, 0) is 68.5 Å². The number of nitrogens with zero attached hydrogens (tertiary/aromatic N) is 1. The van der Waals surface area contributed by atoms with Gasteiger partial charge in [-0.2, -0.15) is 0 Å². The van der Waals surface area contributed by atoms with Gasteiger partial charge in [-0.1, -0.05) is 25.5 Å². The second-order valence-electron chi connectivity index (χ2n) is 9.22. The van der Waals surface area contributed by atoms with Crippen LogP contribution in [-0.2, 0) is 4.74 Å². The molecule has 0 radical (unpaired) electrons. The van der Waals surface area contributed by atoms with Gasteiger partial charge < -0.3 is 23.5 Å². The summed E-state index contributed by atoms with van der Waals surface area (Å²) < 4.78 is 23.2. The second kappa shape index (κ2) is 11.2. The Morgan fingerprint density at radius 3 is 2.50 bits per heavy atom. The topological polar surface area (TPSA) is 78.2 Å². The fraction of sp³-hybridized carbons (Fsp3) is 0.448. The van der Waals surface area contributed by atoms with E-state index in [0.29, 0.717) is 60.8 Å². The Morgan fingerprint density at radius 2 is 1.78 bits per heavy atom. The molecule has 2 heterocycles. The molecule has 4 rings (SSSR count). The van der Waals surface area contributed by atoms with Crippen molar-refractivity contribution in [3.05, 3.63) is 68.6 Å². The number of methoxy groups -OCH3 is 1. The van der Waals surface area contributed by atoms with Crippen molar-refractivity contribution < 1.29 is 23.4 Å². The summed E-state index contributed by atoms with van der Waals surface area (Å²) in [6, 6.07) is 8.85. The molecule has 0 N–H and O–H groups in total. The Kier molecular flexibility index (Phi) is 7.99. The minimum atomic E-state index is -0.588. The van der Waals surface area contributed by atoms with Crippen LogP contribution in [0.4, 0.5) is 0 Å². The zero-order valence-electron chi connectivity index (χ0n) is 21.8. The van der Waals surface area contributed by atoms with Crippen LogP contribution in [0.2, 0.25) is 0 Å². The molecule has 1 atom stereocenters. The van der Waals surface area contributed by atoms with Crippen molar-refractivity contribution in [2.24, 2.45) is 0 Å². The molecule has 0 bridgehead atoms. The Balaban J connectivity index is 1.87. The van der Waals surface area contributed by atoms with Crippen LogP contribution < -0.4 is 14.9 Å². The molecule has 1 unspecified atom stereocenters. The van der Waals surface area contributed by atoms with Gasteiger partial charge in [0.15, 0.2) is 16.9 Å². The molecule has 36 heavy (non-hydrogen) atoms. The zero-order valence-corrected chi connectivity index (χ0v) is 21.8. The summed E-state index contributed by atoms with van der Waals surface area (Å²) in [7, 11) is 1.63. The Hall–Kier alpha value is -3.32. The van der Waals surface area contributed by atoms with Gasteiger partial charge in [-0.25, -0.2) is 0 Å². The molecule has 1 aliphatic heterocycles. The molecule has 7 nitrogen and oxygen atoms in total. The third-order valence-electron chi connectivity index (χ3n) is 6.48. The first-order chi connectivity index (χ1) is 17.4. The van der Waals surface area contributed by atoms with Crippen molar-refractivity contribution in [1.82, 2.24) is 4.90 Å². The SMILES string of the molecule is CCCCOc1ccc(C2c3c(oc4c(C)cc(C)cc4c3=O)C(=O)N2CCCOC)cc1OCC. The maximum Gasteiger partial charge on any atom is 0.290 e. The molecule has 7 heteroatoms. The number of carbonyl (C=O) groups excluding carboxylic acids is 1. The van der Waals surface area contributed by atoms with E-state index in [1.54, 1.807) is 12.0 Å². The van der Waals surface area contributed by atoms with Crippen molar-refractivity contribution >= 4 is 16.9 Å². The van der Waals surface area contributed by atoms with Gasteiger partial charge in [0.05, 0.1) is 30.2 Å². The van der Waals surface area contributed by atoms with Crippen LogP contribution in [0, 0.1) is 13.8 Å². The number of rotatable bonds is 11. The summed E-state index contributed by atoms with van der Waals surface area (Å²) in [6.07, 6.45) is 2.61. The van der Waals surface area contributed by atoms with E-state index in [4.69, 9.17) is 18.6 Å². The van der Waals surface area contributed by atoms with Crippen LogP contribution in [0.1, 0.15) is 72.0 Å². The molecule has 0 saturated carbocycles. The fourth-order valence-electron chi connectivity index (χ4n) is 4.84. The van der Waals surface area contributed by atoms with Gasteiger partial charge in [0.25, 0.3) is 5.91 Å². The molecular formula is C29H35NO6. The maximum atomic E-state index is 13.9. The van der Waals surface area contributed by atoms with Crippen molar-refractivity contribution in [3.8, 4) is 11.5 Å². The van der Waals surface area contributed by atoms with E-state index in [2.05, 4.69) is 6.92 Å². The van der Waals surface area contributed by atoms with Crippen LogP contribution in [-0.4, -0.2) is 44.3 Å². The van der Waals surface area contributed by atoms with E-state index in [0.717, 1.165) is 29.5 Å². The Labute approximate surface area is 212 Å². The van der Waals surface area contributed by atoms with E-state index in [-0.39, 0.29) is 17.1 Å². The maximum absolute atomic E-state index is 13.9. The van der Waals surface area contributed by atoms with Crippen molar-refractivity contribution in [3.63, 3.8) is 0 Å². The zero-order chi connectivity index (χ0) is 25.8. The van der Waals surface area contributed by atoms with E-state index in [1.165, 1.54) is 0 Å². The summed E-state index contributed by atoms with van der Waals surface area (Å²) in [5, 5.41) is 0.493. The third kappa shape index (κ3) is 4.85. The van der Waals surface area contributed by atoms with Crippen LogP contribution in [0.15, 0.2) is 39.5 Å². The predicted octanol–water partition coefficient (Wildman–Crippen LogP) is 5.57. The number of amides is 1. The first-order valence-electron chi connectivity index (χ1n) is 12.7. The predicted molar refractivity (Wildman–Crippen MR) is 139 cm³/mol. The van der Waals surface area contributed by atoms with Crippen molar-refractivity contribution in [2.75, 3.05) is 33.5 Å². The largest absolute Gasteiger partial charge is 0.490 e. The summed E-state index contributed by atoms with van der Waals surface area (Å²) >= 11 is 0. The van der Waals surface area contributed by atoms with Crippen molar-refractivity contribution in [1.29, 1.82) is 0 Å². The van der Waals surface area contributed by atoms with Crippen molar-refractivity contribution in [2.45, 2.75) is 53.0 Å². The molecule has 0 saturated heterocycles. The molecule has 0 fully saturated rings. The number of aryl methyl sites for hydroxylation is 2. The Bertz CT molecular complexity index is 1310. The van der Waals surface area contributed by atoms with Gasteiger partial charge in [-0.3, -0.25) is 9.59 Å². The highest BCUT2D eigenvalue weighted by atomic mass is 16.5. The standard InChI is InChI=1S/C29H35NO6/c1-6-8-14-35-22-11-10-20(17-23(22)34-7-2)25-24-26(31)21-16-18(3)15-19(4)27(21)36-28(24)29(32)30(25)12-9-13-33-5/h10-11,15-17,25H,6-9,12-14H2,1-5H3. The lowest BCUT2D eigenvalue weighted by Gasteiger charge is -2.26. The van der Waals surface area contributed by atoms with Crippen LogP contribution in [0.5, 0.6) is 11.5 Å². The highest BCUT2D eigenvalue weighted by Crippen LogP contribution is 2.41. The summed E-state index contributed by atoms with van der Waals surface area (Å²) in [5.74, 6) is 1.08. The summed E-state index contributed by atoms with van der Waals surface area (Å²) in [5.41, 5.74) is 3.24. The van der Waals surface area contributed by atoms with E-state index >= 15 is 0 Å². The number of carbonyl (C=O) groups is 1. The molecule has 2 aromatic carbocycles. The molecule has 1 amide bonds. The Morgan fingerprint density at radius 1 is 0.972 bits per heavy atom. The summed E-state index contributed by atoms with van der Waals surface area (Å²) in [6.45, 7) is 9.86. The van der Waals surface area contributed by atoms with Gasteiger partial charge in [0.1, 0.15) is 5.58 Å². The van der Waals surface area contributed by atoms with E-state index in [1.807, 2.05) is 51.1 Å². The average Bonchev–Trinajstić information content (AvgIpc) is 3.13. The van der Waals surface area contributed by atoms with Gasteiger partial charge >= 0.3 is 0 Å². The number of fused-ring (bicyclic) bond motifs is 2. The van der Waals surface area contributed by atoms with E-state index in [9.17, 15) is 9.59 Å². The summed E-state index contributed by atoms with van der Waals surface area (Å²) in [4.78, 5) is 29.2. The molecular weight excluding hydrogens is 458 g/mol. The highest BCUT2D eigenvalue weighted by Gasteiger charge is 2.42. The normalized spacial score (nSPS) is 15.0. The lowest BCUT2D eigenvalue weighted by molar-refractivity contribution is 0.0707. The van der Waals surface area contributed by atoms with Gasteiger partial charge in [-0.15, -0.1) is 0 Å². The fourth-order valence-corrected chi connectivity index (χ4v) is 4.84. The second-order valence-corrected chi connectivity index (χ2v) is 9.22. The van der Waals surface area contributed by atoms with Crippen LogP contribution in [0.25, 0.3) is 11.0 Å². The molecule has 0 aliphatic carbocycles. The monoisotopic (exact) mass is 493 g/mol. The molecule has 1 aliphatic rings. The van der Waals surface area contributed by atoms with E-state index < -0.39 is 6.04 Å². The minimum absolute atomic E-state index is 0.114. The van der Waals surface area contributed by atoms with Crippen LogP contribution in [0.3, 0.4) is 0 Å². The minimum Gasteiger partial charge on any atom is -0.490 e. The molecule has 3 aromatic rings. The number of benzene rings is 2. The van der Waals surface area contributed by atoms with Gasteiger partial charge in [0, 0.05) is 20.3 Å². The van der Waals surface area contributed by atoms with Gasteiger partial charge in [0.2, 0.25) is 5.76 Å².